The first-order chi connectivity index (χ1) is 12.0. The van der Waals surface area contributed by atoms with Crippen molar-refractivity contribution in [3.8, 4) is 11.5 Å². The van der Waals surface area contributed by atoms with Crippen molar-refractivity contribution in [3.63, 3.8) is 0 Å². The van der Waals surface area contributed by atoms with Crippen molar-refractivity contribution in [2.24, 2.45) is 5.10 Å². The highest BCUT2D eigenvalue weighted by Gasteiger charge is 2.19. The van der Waals surface area contributed by atoms with E-state index < -0.39 is 10.8 Å². The Hall–Kier alpha value is -3.43. The van der Waals surface area contributed by atoms with Gasteiger partial charge in [-0.15, -0.1) is 0 Å². The van der Waals surface area contributed by atoms with Crippen LogP contribution in [0.15, 0.2) is 29.5 Å². The molecule has 1 heterocycles. The lowest BCUT2D eigenvalue weighted by Crippen LogP contribution is -2.24. The molecule has 1 aromatic carbocycles. The average Bonchev–Trinajstić information content (AvgIpc) is 2.95. The summed E-state index contributed by atoms with van der Waals surface area (Å²) in [6.45, 7) is 1.30. The minimum absolute atomic E-state index is 0.258. The highest BCUT2D eigenvalue weighted by molar-refractivity contribution is 5.85. The van der Waals surface area contributed by atoms with Gasteiger partial charge in [0.1, 0.15) is 17.7 Å². The van der Waals surface area contributed by atoms with Gasteiger partial charge in [0, 0.05) is 12.5 Å². The number of carbonyl (C=O) groups is 1. The summed E-state index contributed by atoms with van der Waals surface area (Å²) in [4.78, 5) is 26.1. The Morgan fingerprint density at radius 1 is 1.44 bits per heavy atom. The van der Waals surface area contributed by atoms with Gasteiger partial charge in [-0.1, -0.05) is 0 Å². The van der Waals surface area contributed by atoms with Gasteiger partial charge in [-0.25, -0.2) is 15.0 Å². The van der Waals surface area contributed by atoms with E-state index in [1.807, 2.05) is 0 Å². The van der Waals surface area contributed by atoms with Crippen molar-refractivity contribution in [1.29, 1.82) is 0 Å². The van der Waals surface area contributed by atoms with Gasteiger partial charge in [-0.3, -0.25) is 4.79 Å². The third-order valence-corrected chi connectivity index (χ3v) is 3.35. The molecule has 0 unspecified atom stereocenters. The zero-order valence-corrected chi connectivity index (χ0v) is 13.9. The van der Waals surface area contributed by atoms with Crippen molar-refractivity contribution in [2.45, 2.75) is 13.5 Å². The second-order valence-electron chi connectivity index (χ2n) is 4.91. The lowest BCUT2D eigenvalue weighted by Gasteiger charge is -2.06. The molecule has 1 N–H and O–H groups in total. The number of nitrogens with one attached hydrogen (secondary N) is 1. The number of methoxy groups -OCH3 is 2. The van der Waals surface area contributed by atoms with Crippen LogP contribution in [0.25, 0.3) is 0 Å². The zero-order valence-electron chi connectivity index (χ0n) is 13.9. The van der Waals surface area contributed by atoms with Gasteiger partial charge >= 0.3 is 5.82 Å². The van der Waals surface area contributed by atoms with Crippen molar-refractivity contribution in [1.82, 2.24) is 15.0 Å². The number of nitrogens with zero attached hydrogens (tertiary/aromatic N) is 4. The lowest BCUT2D eigenvalue weighted by molar-refractivity contribution is -0.392. The number of hydrogen-bond acceptors (Lipinski definition) is 7. The monoisotopic (exact) mass is 347 g/mol. The molecule has 0 aliphatic carbocycles. The maximum atomic E-state index is 12.0. The molecule has 2 aromatic rings. The number of carbonyl (C=O) groups excluding carboxylic acids is 1. The number of aromatic nitrogens is 2. The Kier molecular flexibility index (Phi) is 5.66. The summed E-state index contributed by atoms with van der Waals surface area (Å²) in [5.41, 5.74) is 2.92. The van der Waals surface area contributed by atoms with Crippen LogP contribution in [-0.4, -0.2) is 40.8 Å². The molecule has 10 nitrogen and oxygen atoms in total. The minimum Gasteiger partial charge on any atom is -0.497 e. The van der Waals surface area contributed by atoms with Crippen LogP contribution in [0, 0.1) is 17.0 Å². The Bertz CT molecular complexity index is 815. The Labute approximate surface area is 143 Å². The largest absolute Gasteiger partial charge is 0.497 e. The molecule has 0 radical (unpaired) electrons. The smallest absolute Gasteiger partial charge is 0.343 e. The molecule has 0 saturated carbocycles. The first-order valence-electron chi connectivity index (χ1n) is 7.16. The summed E-state index contributed by atoms with van der Waals surface area (Å²) >= 11 is 0. The summed E-state index contributed by atoms with van der Waals surface area (Å²) in [5, 5.41) is 14.8. The second kappa shape index (κ2) is 7.90. The van der Waals surface area contributed by atoms with Gasteiger partial charge in [-0.2, -0.15) is 5.10 Å². The number of hydrogen-bond donors (Lipinski definition) is 1. The number of nitro groups is 1. The van der Waals surface area contributed by atoms with Gasteiger partial charge in [0.05, 0.1) is 20.4 Å². The predicted molar refractivity (Wildman–Crippen MR) is 88.9 cm³/mol. The molecule has 0 spiro atoms. The summed E-state index contributed by atoms with van der Waals surface area (Å²) < 4.78 is 11.5. The first-order valence-corrected chi connectivity index (χ1v) is 7.16. The highest BCUT2D eigenvalue weighted by Crippen LogP contribution is 2.22. The number of ether oxygens (including phenoxy) is 2. The fourth-order valence-corrected chi connectivity index (χ4v) is 2.09. The maximum absolute atomic E-state index is 12.0. The Balaban J connectivity index is 2.07. The second-order valence-corrected chi connectivity index (χ2v) is 4.91. The number of rotatable bonds is 7. The van der Waals surface area contributed by atoms with E-state index in [9.17, 15) is 14.9 Å². The topological polar surface area (TPSA) is 121 Å². The number of amides is 1. The maximum Gasteiger partial charge on any atom is 0.343 e. The van der Waals surface area contributed by atoms with E-state index in [1.165, 1.54) is 25.0 Å². The van der Waals surface area contributed by atoms with Crippen LogP contribution in [0.3, 0.4) is 0 Å². The van der Waals surface area contributed by atoms with Gasteiger partial charge in [0.25, 0.3) is 5.91 Å². The van der Waals surface area contributed by atoms with Crippen LogP contribution in [0.2, 0.25) is 0 Å². The number of aryl methyl sites for hydroxylation is 1. The van der Waals surface area contributed by atoms with E-state index >= 15 is 0 Å². The molecule has 1 aromatic heterocycles. The number of imidazole rings is 1. The third-order valence-electron chi connectivity index (χ3n) is 3.35. The van der Waals surface area contributed by atoms with Crippen LogP contribution in [-0.2, 0) is 11.3 Å². The van der Waals surface area contributed by atoms with Crippen LogP contribution < -0.4 is 14.9 Å². The van der Waals surface area contributed by atoms with E-state index in [-0.39, 0.29) is 12.4 Å². The van der Waals surface area contributed by atoms with E-state index in [4.69, 9.17) is 9.47 Å². The quantitative estimate of drug-likeness (QED) is 0.457. The third kappa shape index (κ3) is 4.31. The number of benzene rings is 1. The number of hydrazone groups is 1. The van der Waals surface area contributed by atoms with Crippen molar-refractivity contribution >= 4 is 17.9 Å². The molecular formula is C15H17N5O5. The van der Waals surface area contributed by atoms with Crippen LogP contribution in [0.4, 0.5) is 5.82 Å². The summed E-state index contributed by atoms with van der Waals surface area (Å²) in [5.74, 6) is 0.742. The normalized spacial score (nSPS) is 10.7. The highest BCUT2D eigenvalue weighted by atomic mass is 16.6. The average molecular weight is 347 g/mol. The molecule has 0 fully saturated rings. The molecule has 0 atom stereocenters. The standard InChI is InChI=1S/C15H17N5O5/c1-10-16-8-15(20(22)23)19(10)9-14(21)18-17-7-11-6-12(24-2)4-5-13(11)25-3/h4-8H,9H2,1-3H3,(H,18,21)/b17-7-. The fourth-order valence-electron chi connectivity index (χ4n) is 2.09. The Morgan fingerprint density at radius 2 is 2.20 bits per heavy atom. The molecule has 132 valence electrons. The molecule has 2 rings (SSSR count). The molecule has 10 heteroatoms. The lowest BCUT2D eigenvalue weighted by atomic mass is 10.2. The molecule has 0 saturated heterocycles. The summed E-state index contributed by atoms with van der Waals surface area (Å²) in [7, 11) is 3.05. The molecule has 0 aliphatic rings. The SMILES string of the molecule is COc1ccc(OC)c(/C=N\NC(=O)Cn2c([N+](=O)[O-])cnc2C)c1. The fraction of sp³-hybridized carbons (Fsp3) is 0.267. The molecular weight excluding hydrogens is 330 g/mol. The van der Waals surface area contributed by atoms with Gasteiger partial charge in [0.15, 0.2) is 12.4 Å². The van der Waals surface area contributed by atoms with Crippen molar-refractivity contribution < 1.29 is 19.2 Å². The minimum atomic E-state index is -0.600. The predicted octanol–water partition coefficient (Wildman–Crippen LogP) is 1.27. The van der Waals surface area contributed by atoms with Gasteiger partial charge < -0.3 is 19.6 Å². The van der Waals surface area contributed by atoms with Crippen LogP contribution in [0.1, 0.15) is 11.4 Å². The zero-order chi connectivity index (χ0) is 18.4. The van der Waals surface area contributed by atoms with Crippen molar-refractivity contribution in [2.75, 3.05) is 14.2 Å². The van der Waals surface area contributed by atoms with Crippen LogP contribution in [0.5, 0.6) is 11.5 Å². The van der Waals surface area contributed by atoms with Crippen LogP contribution >= 0.6 is 0 Å². The summed E-state index contributed by atoms with van der Waals surface area (Å²) in [6.07, 6.45) is 2.50. The molecule has 0 bridgehead atoms. The van der Waals surface area contributed by atoms with E-state index in [0.717, 1.165) is 6.20 Å². The van der Waals surface area contributed by atoms with Gasteiger partial charge in [-0.05, 0) is 23.1 Å². The van der Waals surface area contributed by atoms with Crippen molar-refractivity contribution in [3.05, 3.63) is 45.9 Å². The van der Waals surface area contributed by atoms with Gasteiger partial charge in [0.2, 0.25) is 0 Å². The molecule has 25 heavy (non-hydrogen) atoms. The Morgan fingerprint density at radius 3 is 2.84 bits per heavy atom. The molecule has 0 aliphatic heterocycles. The molecule has 1 amide bonds. The van der Waals surface area contributed by atoms with E-state index in [0.29, 0.717) is 22.9 Å². The van der Waals surface area contributed by atoms with E-state index in [1.54, 1.807) is 25.1 Å². The first kappa shape index (κ1) is 17.9. The van der Waals surface area contributed by atoms with E-state index in [2.05, 4.69) is 15.5 Å². The summed E-state index contributed by atoms with van der Waals surface area (Å²) in [6, 6.07) is 5.13.